The number of amides is 1. The summed E-state index contributed by atoms with van der Waals surface area (Å²) in [5.74, 6) is 1.03. The van der Waals surface area contributed by atoms with Crippen molar-refractivity contribution in [1.29, 1.82) is 0 Å². The fourth-order valence-electron chi connectivity index (χ4n) is 3.65. The van der Waals surface area contributed by atoms with Gasteiger partial charge in [0.1, 0.15) is 29.8 Å². The summed E-state index contributed by atoms with van der Waals surface area (Å²) >= 11 is 23.5. The van der Waals surface area contributed by atoms with Crippen molar-refractivity contribution < 1.29 is 21.6 Å². The monoisotopic (exact) mass is 775 g/mol. The van der Waals surface area contributed by atoms with E-state index in [9.17, 15) is 21.6 Å². The van der Waals surface area contributed by atoms with E-state index in [1.807, 2.05) is 27.7 Å². The van der Waals surface area contributed by atoms with Gasteiger partial charge in [-0.3, -0.25) is 9.52 Å². The van der Waals surface area contributed by atoms with Crippen molar-refractivity contribution in [3.05, 3.63) is 92.7 Å². The molecule has 1 N–H and O–H groups in total. The number of hydrogen-bond donors (Lipinski definition) is 1. The van der Waals surface area contributed by atoms with Crippen molar-refractivity contribution in [2.75, 3.05) is 29.7 Å². The molecule has 4 rings (SSSR count). The standard InChI is InChI=1S/C17H20Cl2N4O3S.C13H13Cl2N3O2S/c1-11(2)17-20-8-7-15(21-17)23(10-16(24)22(3)4)27(25,26)12-5-6-13(18)14(19)9-12;1-8(2)13-16-6-5-12(17-13)18-21(19,20)9-3-4-10(14)11(15)7-9/h5-9,11H,10H2,1-4H3;3-8H,1-2H3,(H,16,17,18). The minimum absolute atomic E-state index is 0.0102. The van der Waals surface area contributed by atoms with Crippen LogP contribution in [0.5, 0.6) is 0 Å². The first kappa shape index (κ1) is 39.2. The van der Waals surface area contributed by atoms with E-state index < -0.39 is 32.5 Å². The van der Waals surface area contributed by atoms with Gasteiger partial charge in [0.25, 0.3) is 20.0 Å². The molecule has 4 aromatic rings. The van der Waals surface area contributed by atoms with E-state index in [4.69, 9.17) is 46.4 Å². The van der Waals surface area contributed by atoms with Crippen LogP contribution in [0.3, 0.4) is 0 Å². The maximum absolute atomic E-state index is 13.2. The number of carbonyl (C=O) groups excluding carboxylic acids is 1. The van der Waals surface area contributed by atoms with E-state index in [1.165, 1.54) is 65.8 Å². The average molecular weight is 778 g/mol. The van der Waals surface area contributed by atoms with Crippen LogP contribution in [0.1, 0.15) is 51.2 Å². The highest BCUT2D eigenvalue weighted by atomic mass is 35.5. The van der Waals surface area contributed by atoms with Crippen molar-refractivity contribution >= 4 is 84.0 Å². The Labute approximate surface area is 300 Å². The molecule has 0 aliphatic carbocycles. The number of carbonyl (C=O) groups is 1. The van der Waals surface area contributed by atoms with E-state index >= 15 is 0 Å². The first-order valence-electron chi connectivity index (χ1n) is 14.1. The molecule has 0 atom stereocenters. The molecular weight excluding hydrogens is 744 g/mol. The van der Waals surface area contributed by atoms with Gasteiger partial charge in [0.05, 0.1) is 29.9 Å². The second-order valence-corrected chi connectivity index (χ2v) is 16.1. The van der Waals surface area contributed by atoms with Gasteiger partial charge < -0.3 is 4.90 Å². The van der Waals surface area contributed by atoms with E-state index in [-0.39, 0.29) is 48.3 Å². The number of anilines is 2. The number of nitrogens with one attached hydrogen (secondary N) is 1. The lowest BCUT2D eigenvalue weighted by molar-refractivity contribution is -0.127. The number of aromatic nitrogens is 4. The Morgan fingerprint density at radius 2 is 1.23 bits per heavy atom. The highest BCUT2D eigenvalue weighted by molar-refractivity contribution is 7.93. The van der Waals surface area contributed by atoms with Crippen LogP contribution in [0.15, 0.2) is 70.7 Å². The molecule has 0 saturated heterocycles. The van der Waals surface area contributed by atoms with Gasteiger partial charge in [0, 0.05) is 44.4 Å². The van der Waals surface area contributed by atoms with E-state index in [2.05, 4.69) is 24.7 Å². The Morgan fingerprint density at radius 1 is 0.729 bits per heavy atom. The first-order chi connectivity index (χ1) is 22.3. The Bertz CT molecular complexity index is 2000. The molecule has 18 heteroatoms. The van der Waals surface area contributed by atoms with E-state index in [1.54, 1.807) is 14.1 Å². The van der Waals surface area contributed by atoms with Crippen LogP contribution in [-0.2, 0) is 24.8 Å². The third-order valence-corrected chi connectivity index (χ3v) is 10.9. The van der Waals surface area contributed by atoms with Gasteiger partial charge in [-0.2, -0.15) is 0 Å². The second-order valence-electron chi connectivity index (χ2n) is 10.9. The van der Waals surface area contributed by atoms with Crippen LogP contribution in [-0.4, -0.2) is 68.2 Å². The Morgan fingerprint density at radius 3 is 1.75 bits per heavy atom. The molecule has 48 heavy (non-hydrogen) atoms. The normalized spacial score (nSPS) is 11.6. The second kappa shape index (κ2) is 16.4. The molecule has 0 spiro atoms. The molecule has 0 fully saturated rings. The van der Waals surface area contributed by atoms with Crippen molar-refractivity contribution in [3.8, 4) is 0 Å². The molecule has 0 bridgehead atoms. The molecule has 0 radical (unpaired) electrons. The number of rotatable bonds is 10. The number of benzene rings is 2. The SMILES string of the molecule is CC(C)c1nccc(N(CC(=O)N(C)C)S(=O)(=O)c2ccc(Cl)c(Cl)c2)n1.CC(C)c1nccc(NS(=O)(=O)c2ccc(Cl)c(Cl)c2)n1. The molecule has 2 aromatic carbocycles. The van der Waals surface area contributed by atoms with E-state index in [0.717, 1.165) is 4.31 Å². The number of likely N-dealkylation sites (N-methyl/N-ethyl adjacent to an activating group) is 1. The van der Waals surface area contributed by atoms with Crippen LogP contribution < -0.4 is 9.03 Å². The van der Waals surface area contributed by atoms with Crippen molar-refractivity contribution in [2.45, 2.75) is 49.3 Å². The fourth-order valence-corrected chi connectivity index (χ4v) is 6.79. The van der Waals surface area contributed by atoms with Crippen molar-refractivity contribution in [3.63, 3.8) is 0 Å². The summed E-state index contributed by atoms with van der Waals surface area (Å²) < 4.78 is 54.3. The molecule has 0 aliphatic rings. The third-order valence-electron chi connectivity index (χ3n) is 6.32. The van der Waals surface area contributed by atoms with E-state index in [0.29, 0.717) is 16.7 Å². The zero-order valence-electron chi connectivity index (χ0n) is 26.7. The van der Waals surface area contributed by atoms with Gasteiger partial charge in [-0.15, -0.1) is 0 Å². The van der Waals surface area contributed by atoms with Crippen LogP contribution in [0.25, 0.3) is 0 Å². The van der Waals surface area contributed by atoms with Crippen molar-refractivity contribution in [1.82, 2.24) is 24.8 Å². The molecule has 258 valence electrons. The highest BCUT2D eigenvalue weighted by Gasteiger charge is 2.30. The minimum atomic E-state index is -4.11. The summed E-state index contributed by atoms with van der Waals surface area (Å²) in [6.45, 7) is 7.22. The van der Waals surface area contributed by atoms with Crippen molar-refractivity contribution in [2.24, 2.45) is 0 Å². The Kier molecular flexibility index (Phi) is 13.4. The van der Waals surface area contributed by atoms with Crippen LogP contribution in [0.2, 0.25) is 20.1 Å². The smallest absolute Gasteiger partial charge is 0.266 e. The first-order valence-corrected chi connectivity index (χ1v) is 18.6. The molecule has 0 aliphatic heterocycles. The van der Waals surface area contributed by atoms with Gasteiger partial charge in [0.15, 0.2) is 0 Å². The largest absolute Gasteiger partial charge is 0.347 e. The Hall–Kier alpha value is -3.27. The summed E-state index contributed by atoms with van der Waals surface area (Å²) in [5.41, 5.74) is 0. The van der Waals surface area contributed by atoms with Gasteiger partial charge in [-0.1, -0.05) is 74.1 Å². The Balaban J connectivity index is 0.000000269. The average Bonchev–Trinajstić information content (AvgIpc) is 3.02. The number of sulfonamides is 2. The molecule has 0 unspecified atom stereocenters. The number of nitrogens with zero attached hydrogens (tertiary/aromatic N) is 6. The third kappa shape index (κ3) is 10.1. The summed E-state index contributed by atoms with van der Waals surface area (Å²) in [5, 5.41) is 0.794. The maximum atomic E-state index is 13.2. The molecule has 12 nitrogen and oxygen atoms in total. The number of hydrogen-bond acceptors (Lipinski definition) is 9. The predicted molar refractivity (Wildman–Crippen MR) is 189 cm³/mol. The summed E-state index contributed by atoms with van der Waals surface area (Å²) in [6, 6.07) is 11.0. The van der Waals surface area contributed by atoms with Crippen LogP contribution >= 0.6 is 46.4 Å². The van der Waals surface area contributed by atoms with Gasteiger partial charge in [-0.05, 0) is 42.5 Å². The van der Waals surface area contributed by atoms with Crippen LogP contribution in [0.4, 0.5) is 11.6 Å². The summed E-state index contributed by atoms with van der Waals surface area (Å²) in [4.78, 5) is 30.2. The zero-order valence-corrected chi connectivity index (χ0v) is 31.3. The van der Waals surface area contributed by atoms with Gasteiger partial charge >= 0.3 is 0 Å². The lowest BCUT2D eigenvalue weighted by Gasteiger charge is -2.25. The topological polar surface area (TPSA) is 155 Å². The predicted octanol–water partition coefficient (Wildman–Crippen LogP) is 6.90. The van der Waals surface area contributed by atoms with Gasteiger partial charge in [0.2, 0.25) is 5.91 Å². The summed E-state index contributed by atoms with van der Waals surface area (Å²) in [6.07, 6.45) is 2.98. The summed E-state index contributed by atoms with van der Waals surface area (Å²) in [7, 11) is -4.80. The minimum Gasteiger partial charge on any atom is -0.347 e. The molecule has 1 amide bonds. The molecule has 0 saturated carbocycles. The van der Waals surface area contributed by atoms with Crippen LogP contribution in [0, 0.1) is 0 Å². The molecule has 2 aromatic heterocycles. The van der Waals surface area contributed by atoms with Gasteiger partial charge in [-0.25, -0.2) is 41.1 Å². The maximum Gasteiger partial charge on any atom is 0.266 e. The molecular formula is C30H33Cl4N7O5S2. The quantitative estimate of drug-likeness (QED) is 0.181. The fraction of sp³-hybridized carbons (Fsp3) is 0.300. The number of halogens is 4. The molecule has 2 heterocycles. The lowest BCUT2D eigenvalue weighted by atomic mass is 10.2. The lowest BCUT2D eigenvalue weighted by Crippen LogP contribution is -2.41. The highest BCUT2D eigenvalue weighted by Crippen LogP contribution is 2.29. The zero-order chi connectivity index (χ0) is 36.0.